The van der Waals surface area contributed by atoms with Gasteiger partial charge in [-0.1, -0.05) is 12.2 Å². The van der Waals surface area contributed by atoms with Gasteiger partial charge in [-0.25, -0.2) is 9.59 Å². The zero-order valence-corrected chi connectivity index (χ0v) is 5.84. The molecule has 1 amide bonds. The molecule has 0 radical (unpaired) electrons. The highest BCUT2D eigenvalue weighted by Gasteiger charge is 2.16. The Labute approximate surface area is 65.8 Å². The van der Waals surface area contributed by atoms with Gasteiger partial charge >= 0.3 is 17.8 Å². The minimum Gasteiger partial charge on any atom is -0.476 e. The molecule has 7 heteroatoms. The number of hydrogen-bond acceptors (Lipinski definition) is 4. The molecule has 0 aromatic carbocycles. The summed E-state index contributed by atoms with van der Waals surface area (Å²) in [6, 6.07) is 0. The lowest BCUT2D eigenvalue weighted by Crippen LogP contribution is -2.38. The third kappa shape index (κ3) is 3.26. The fourth-order valence-electron chi connectivity index (χ4n) is 0.210. The molecule has 0 aromatic rings. The highest BCUT2D eigenvalue weighted by atomic mass is 32.1. The Morgan fingerprint density at radius 3 is 1.82 bits per heavy atom. The number of carbonyl (C=O) groups excluding carboxylic acids is 1. The lowest BCUT2D eigenvalue weighted by atomic mass is 10.5. The molecule has 0 unspecified atom stereocenters. The zero-order chi connectivity index (χ0) is 9.02. The van der Waals surface area contributed by atoms with E-state index in [9.17, 15) is 14.4 Å². The molecular formula is C4H3NO5S. The van der Waals surface area contributed by atoms with Gasteiger partial charge in [0.1, 0.15) is 0 Å². The third-order valence-electron chi connectivity index (χ3n) is 0.616. The number of carbonyl (C=O) groups is 3. The van der Waals surface area contributed by atoms with Gasteiger partial charge in [0.2, 0.25) is 0 Å². The van der Waals surface area contributed by atoms with Crippen LogP contribution in [0.3, 0.4) is 0 Å². The normalized spacial score (nSPS) is 8.36. The van der Waals surface area contributed by atoms with Gasteiger partial charge in [0.25, 0.3) is 0 Å². The molecule has 0 saturated carbocycles. The van der Waals surface area contributed by atoms with E-state index in [4.69, 9.17) is 10.2 Å². The van der Waals surface area contributed by atoms with Gasteiger partial charge in [-0.2, -0.15) is 0 Å². The molecule has 0 spiro atoms. The van der Waals surface area contributed by atoms with Crippen molar-refractivity contribution in [3.8, 4) is 0 Å². The van der Waals surface area contributed by atoms with Crippen LogP contribution in [0.4, 0.5) is 0 Å². The Morgan fingerprint density at radius 2 is 1.55 bits per heavy atom. The lowest BCUT2D eigenvalue weighted by molar-refractivity contribution is -0.149. The topological polar surface area (TPSA) is 104 Å². The molecule has 0 aliphatic heterocycles. The second kappa shape index (κ2) is 3.62. The van der Waals surface area contributed by atoms with Crippen LogP contribution in [-0.4, -0.2) is 33.0 Å². The SMILES string of the molecule is O=C(O)C(=O)NC(=S)C(=O)O. The van der Waals surface area contributed by atoms with Gasteiger partial charge in [0, 0.05) is 0 Å². The first-order valence-corrected chi connectivity index (χ1v) is 2.67. The van der Waals surface area contributed by atoms with Crippen LogP contribution in [0.5, 0.6) is 0 Å². The molecule has 0 aromatic heterocycles. The predicted octanol–water partition coefficient (Wildman–Crippen LogP) is -1.40. The minimum atomic E-state index is -1.78. The highest BCUT2D eigenvalue weighted by Crippen LogP contribution is 1.73. The van der Waals surface area contributed by atoms with Crippen LogP contribution in [0.1, 0.15) is 0 Å². The summed E-state index contributed by atoms with van der Waals surface area (Å²) in [4.78, 5) is 29.1. The Hall–Kier alpha value is -1.50. The average Bonchev–Trinajstić information content (AvgIpc) is 1.87. The van der Waals surface area contributed by atoms with Gasteiger partial charge in [-0.05, 0) is 0 Å². The van der Waals surface area contributed by atoms with Crippen LogP contribution in [0.15, 0.2) is 0 Å². The smallest absolute Gasteiger partial charge is 0.394 e. The summed E-state index contributed by atoms with van der Waals surface area (Å²) in [7, 11) is 0. The fourth-order valence-corrected chi connectivity index (χ4v) is 0.303. The van der Waals surface area contributed by atoms with Crippen LogP contribution < -0.4 is 5.32 Å². The summed E-state index contributed by atoms with van der Waals surface area (Å²) in [6.07, 6.45) is 0. The van der Waals surface area contributed by atoms with Crippen molar-refractivity contribution in [3.05, 3.63) is 0 Å². The first-order chi connectivity index (χ1) is 4.95. The van der Waals surface area contributed by atoms with Crippen LogP contribution in [0, 0.1) is 0 Å². The summed E-state index contributed by atoms with van der Waals surface area (Å²) in [5.74, 6) is -4.79. The first kappa shape index (κ1) is 9.50. The number of hydrogen-bond donors (Lipinski definition) is 3. The van der Waals surface area contributed by atoms with Crippen LogP contribution in [0.2, 0.25) is 0 Å². The van der Waals surface area contributed by atoms with E-state index in [-0.39, 0.29) is 0 Å². The van der Waals surface area contributed by atoms with Crippen molar-refractivity contribution in [2.75, 3.05) is 0 Å². The van der Waals surface area contributed by atoms with E-state index in [1.54, 1.807) is 0 Å². The molecule has 0 rings (SSSR count). The Balaban J connectivity index is 4.07. The second-order valence-electron chi connectivity index (χ2n) is 1.39. The lowest BCUT2D eigenvalue weighted by Gasteiger charge is -1.96. The summed E-state index contributed by atoms with van der Waals surface area (Å²) in [5.41, 5.74) is 0. The van der Waals surface area contributed by atoms with E-state index in [0.29, 0.717) is 0 Å². The van der Waals surface area contributed by atoms with Gasteiger partial charge < -0.3 is 15.5 Å². The van der Waals surface area contributed by atoms with E-state index < -0.39 is 22.8 Å². The molecule has 0 bridgehead atoms. The Bertz CT molecular complexity index is 211. The number of amides is 1. The molecule has 0 aliphatic rings. The van der Waals surface area contributed by atoms with Crippen molar-refractivity contribution in [2.45, 2.75) is 0 Å². The Kier molecular flexibility index (Phi) is 3.12. The largest absolute Gasteiger partial charge is 0.476 e. The van der Waals surface area contributed by atoms with E-state index >= 15 is 0 Å². The molecule has 0 fully saturated rings. The standard InChI is InChI=1S/C4H3NO5S/c6-1(3(7)8)5-2(11)4(9)10/h(H,7,8)(H,9,10)(H,5,6,11). The van der Waals surface area contributed by atoms with Crippen molar-refractivity contribution in [1.82, 2.24) is 5.32 Å². The quantitative estimate of drug-likeness (QED) is 0.310. The van der Waals surface area contributed by atoms with Crippen molar-refractivity contribution in [1.29, 1.82) is 0 Å². The zero-order valence-electron chi connectivity index (χ0n) is 5.03. The van der Waals surface area contributed by atoms with Gasteiger partial charge in [0.05, 0.1) is 0 Å². The van der Waals surface area contributed by atoms with E-state index in [1.165, 1.54) is 5.32 Å². The number of carboxylic acid groups (broad SMARTS) is 2. The molecule has 11 heavy (non-hydrogen) atoms. The fraction of sp³-hybridized carbons (Fsp3) is 0. The number of carboxylic acids is 2. The van der Waals surface area contributed by atoms with Crippen molar-refractivity contribution >= 4 is 35.1 Å². The minimum absolute atomic E-state index is 0.836. The maximum atomic E-state index is 10.2. The van der Waals surface area contributed by atoms with Crippen molar-refractivity contribution in [3.63, 3.8) is 0 Å². The summed E-state index contributed by atoms with van der Waals surface area (Å²) in [5, 5.41) is 17.5. The number of aliphatic carboxylic acids is 2. The van der Waals surface area contributed by atoms with Crippen molar-refractivity contribution in [2.24, 2.45) is 0 Å². The predicted molar refractivity (Wildman–Crippen MR) is 36.0 cm³/mol. The van der Waals surface area contributed by atoms with Crippen LogP contribution >= 0.6 is 12.2 Å². The Morgan fingerprint density at radius 1 is 1.09 bits per heavy atom. The molecule has 0 heterocycles. The molecule has 0 aliphatic carbocycles. The van der Waals surface area contributed by atoms with E-state index in [1.807, 2.05) is 0 Å². The third-order valence-corrected chi connectivity index (χ3v) is 0.892. The van der Waals surface area contributed by atoms with Crippen LogP contribution in [0.25, 0.3) is 0 Å². The average molecular weight is 177 g/mol. The van der Waals surface area contributed by atoms with Gasteiger partial charge in [0.15, 0.2) is 4.99 Å². The molecular weight excluding hydrogens is 174 g/mol. The first-order valence-electron chi connectivity index (χ1n) is 2.26. The molecule has 3 N–H and O–H groups in total. The summed E-state index contributed by atoms with van der Waals surface area (Å²) >= 11 is 4.08. The monoisotopic (exact) mass is 177 g/mol. The molecule has 0 saturated heterocycles. The van der Waals surface area contributed by atoms with Crippen molar-refractivity contribution < 1.29 is 24.6 Å². The molecule has 6 nitrogen and oxygen atoms in total. The van der Waals surface area contributed by atoms with Gasteiger partial charge in [-0.3, -0.25) is 4.79 Å². The maximum Gasteiger partial charge on any atom is 0.394 e. The number of nitrogens with one attached hydrogen (secondary N) is 1. The second-order valence-corrected chi connectivity index (χ2v) is 1.80. The number of thiocarbonyl (C=S) groups is 1. The molecule has 60 valence electrons. The van der Waals surface area contributed by atoms with Gasteiger partial charge in [-0.15, -0.1) is 0 Å². The van der Waals surface area contributed by atoms with Crippen LogP contribution in [-0.2, 0) is 14.4 Å². The highest BCUT2D eigenvalue weighted by molar-refractivity contribution is 7.82. The van der Waals surface area contributed by atoms with E-state index in [2.05, 4.69) is 12.2 Å². The summed E-state index contributed by atoms with van der Waals surface area (Å²) < 4.78 is 0. The molecule has 0 atom stereocenters. The summed E-state index contributed by atoms with van der Waals surface area (Å²) in [6.45, 7) is 0. The number of rotatable bonds is 0. The van der Waals surface area contributed by atoms with E-state index in [0.717, 1.165) is 0 Å². The maximum absolute atomic E-state index is 10.2.